The molecule has 0 radical (unpaired) electrons. The minimum absolute atomic E-state index is 0.146. The summed E-state index contributed by atoms with van der Waals surface area (Å²) in [6.07, 6.45) is 0.275. The van der Waals surface area contributed by atoms with Gasteiger partial charge in [0.2, 0.25) is 5.89 Å². The largest absolute Gasteiger partial charge is 0.380 e. The lowest BCUT2D eigenvalue weighted by atomic mass is 10.2. The first-order valence-corrected chi connectivity index (χ1v) is 5.64. The second-order valence-corrected chi connectivity index (χ2v) is 3.95. The number of rotatable bonds is 5. The maximum absolute atomic E-state index is 13.5. The molecule has 0 spiro atoms. The predicted octanol–water partition coefficient (Wildman–Crippen LogP) is 2.22. The lowest BCUT2D eigenvalue weighted by molar-refractivity contribution is -0.385. The van der Waals surface area contributed by atoms with Gasteiger partial charge in [-0.25, -0.2) is 8.78 Å². The molecule has 106 valence electrons. The molecule has 1 aromatic heterocycles. The third-order valence-electron chi connectivity index (χ3n) is 2.45. The Morgan fingerprint density at radius 2 is 2.05 bits per heavy atom. The summed E-state index contributed by atoms with van der Waals surface area (Å²) in [6, 6.07) is 1.31. The Hall–Kier alpha value is -2.58. The molecule has 9 heteroatoms. The van der Waals surface area contributed by atoms with Crippen molar-refractivity contribution in [2.24, 2.45) is 0 Å². The van der Waals surface area contributed by atoms with Crippen molar-refractivity contribution in [1.82, 2.24) is 10.1 Å². The van der Waals surface area contributed by atoms with Crippen LogP contribution in [0.1, 0.15) is 11.7 Å². The number of benzene rings is 1. The first-order chi connectivity index (χ1) is 9.47. The van der Waals surface area contributed by atoms with E-state index in [0.29, 0.717) is 23.8 Å². The average molecular weight is 284 g/mol. The number of nitro groups is 1. The van der Waals surface area contributed by atoms with Crippen molar-refractivity contribution in [3.8, 4) is 0 Å². The van der Waals surface area contributed by atoms with Crippen LogP contribution in [0.5, 0.6) is 0 Å². The highest BCUT2D eigenvalue weighted by Gasteiger charge is 2.16. The van der Waals surface area contributed by atoms with Crippen LogP contribution in [0.3, 0.4) is 0 Å². The number of nitro benzene ring substituents is 1. The van der Waals surface area contributed by atoms with E-state index < -0.39 is 27.9 Å². The zero-order valence-corrected chi connectivity index (χ0v) is 10.4. The molecule has 7 nitrogen and oxygen atoms in total. The highest BCUT2D eigenvalue weighted by Crippen LogP contribution is 2.24. The number of nitrogens with zero attached hydrogens (tertiary/aromatic N) is 3. The Morgan fingerprint density at radius 3 is 2.55 bits per heavy atom. The summed E-state index contributed by atoms with van der Waals surface area (Å²) in [7, 11) is 0. The maximum Gasteiger partial charge on any atom is 0.275 e. The second-order valence-electron chi connectivity index (χ2n) is 3.95. The van der Waals surface area contributed by atoms with Gasteiger partial charge in [0.1, 0.15) is 5.69 Å². The van der Waals surface area contributed by atoms with Crippen LogP contribution in [0.15, 0.2) is 16.7 Å². The Bertz CT molecular complexity index is 621. The molecule has 1 aromatic carbocycles. The minimum Gasteiger partial charge on any atom is -0.380 e. The molecule has 0 unspecified atom stereocenters. The monoisotopic (exact) mass is 284 g/mol. The van der Waals surface area contributed by atoms with Crippen molar-refractivity contribution in [3.63, 3.8) is 0 Å². The van der Waals surface area contributed by atoms with Gasteiger partial charge in [-0.2, -0.15) is 4.98 Å². The van der Waals surface area contributed by atoms with E-state index in [4.69, 9.17) is 4.52 Å². The van der Waals surface area contributed by atoms with Gasteiger partial charge in [-0.15, -0.1) is 0 Å². The first-order valence-electron chi connectivity index (χ1n) is 5.64. The topological polar surface area (TPSA) is 94.1 Å². The molecule has 0 aliphatic carbocycles. The molecule has 0 fully saturated rings. The molecular formula is C11H10F2N4O3. The summed E-state index contributed by atoms with van der Waals surface area (Å²) >= 11 is 0. The molecule has 20 heavy (non-hydrogen) atoms. The lowest BCUT2D eigenvalue weighted by Gasteiger charge is -2.07. The number of anilines is 1. The number of aryl methyl sites for hydroxylation is 1. The van der Waals surface area contributed by atoms with Gasteiger partial charge in [0.25, 0.3) is 5.69 Å². The Balaban J connectivity index is 2.04. The van der Waals surface area contributed by atoms with E-state index in [1.165, 1.54) is 0 Å². The Morgan fingerprint density at radius 1 is 1.40 bits per heavy atom. The number of aromatic nitrogens is 2. The number of hydrogen-bond acceptors (Lipinski definition) is 6. The van der Waals surface area contributed by atoms with Crippen LogP contribution >= 0.6 is 0 Å². The quantitative estimate of drug-likeness (QED) is 0.668. The zero-order valence-electron chi connectivity index (χ0n) is 10.4. The van der Waals surface area contributed by atoms with Crippen LogP contribution in [0, 0.1) is 28.7 Å². The molecule has 0 amide bonds. The SMILES string of the molecule is Cc1noc(CCNc2c(F)cc([N+](=O)[O-])cc2F)n1. The number of hydrogen-bond donors (Lipinski definition) is 1. The minimum atomic E-state index is -1.03. The van der Waals surface area contributed by atoms with Crippen molar-refractivity contribution in [2.75, 3.05) is 11.9 Å². The van der Waals surface area contributed by atoms with Crippen molar-refractivity contribution in [3.05, 3.63) is 45.6 Å². The molecule has 0 saturated heterocycles. The zero-order chi connectivity index (χ0) is 14.7. The fraction of sp³-hybridized carbons (Fsp3) is 0.273. The van der Waals surface area contributed by atoms with Gasteiger partial charge in [0.15, 0.2) is 17.5 Å². The van der Waals surface area contributed by atoms with E-state index in [1.54, 1.807) is 6.92 Å². The van der Waals surface area contributed by atoms with Crippen LogP contribution in [0.25, 0.3) is 0 Å². The highest BCUT2D eigenvalue weighted by atomic mass is 19.1. The summed E-state index contributed by atoms with van der Waals surface area (Å²) in [5, 5.41) is 16.5. The van der Waals surface area contributed by atoms with Crippen molar-refractivity contribution in [2.45, 2.75) is 13.3 Å². The summed E-state index contributed by atoms with van der Waals surface area (Å²) in [6.45, 7) is 1.80. The molecule has 0 atom stereocenters. The second kappa shape index (κ2) is 5.59. The Labute approximate surface area is 111 Å². The standard InChI is InChI=1S/C11H10F2N4O3/c1-6-15-10(20-16-6)2-3-14-11-8(12)4-7(17(18)19)5-9(11)13/h4-5,14H,2-3H2,1H3. The fourth-order valence-corrected chi connectivity index (χ4v) is 1.57. The van der Waals surface area contributed by atoms with E-state index in [2.05, 4.69) is 15.5 Å². The summed E-state index contributed by atoms with van der Waals surface area (Å²) in [5.74, 6) is -1.26. The van der Waals surface area contributed by atoms with Gasteiger partial charge in [-0.05, 0) is 6.92 Å². The molecule has 0 bridgehead atoms. The molecule has 1 N–H and O–H groups in total. The molecule has 2 aromatic rings. The van der Waals surface area contributed by atoms with E-state index in [-0.39, 0.29) is 13.0 Å². The van der Waals surface area contributed by atoms with Crippen LogP contribution in [-0.4, -0.2) is 21.6 Å². The first kappa shape index (κ1) is 13.8. The van der Waals surface area contributed by atoms with Gasteiger partial charge >= 0.3 is 0 Å². The van der Waals surface area contributed by atoms with Gasteiger partial charge in [-0.3, -0.25) is 10.1 Å². The molecule has 0 aliphatic heterocycles. The van der Waals surface area contributed by atoms with E-state index in [1.807, 2.05) is 0 Å². The van der Waals surface area contributed by atoms with Crippen LogP contribution in [0.4, 0.5) is 20.2 Å². The van der Waals surface area contributed by atoms with E-state index >= 15 is 0 Å². The van der Waals surface area contributed by atoms with Gasteiger partial charge in [0.05, 0.1) is 17.1 Å². The lowest BCUT2D eigenvalue weighted by Crippen LogP contribution is -2.09. The summed E-state index contributed by atoms with van der Waals surface area (Å²) in [4.78, 5) is 13.5. The molecule has 1 heterocycles. The van der Waals surface area contributed by atoms with Crippen LogP contribution < -0.4 is 5.32 Å². The highest BCUT2D eigenvalue weighted by molar-refractivity contribution is 5.51. The van der Waals surface area contributed by atoms with Crippen LogP contribution in [-0.2, 0) is 6.42 Å². The van der Waals surface area contributed by atoms with E-state index in [0.717, 1.165) is 0 Å². The number of nitrogens with one attached hydrogen (secondary N) is 1. The van der Waals surface area contributed by atoms with Gasteiger partial charge < -0.3 is 9.84 Å². The van der Waals surface area contributed by atoms with Crippen molar-refractivity contribution >= 4 is 11.4 Å². The third kappa shape index (κ3) is 3.05. The summed E-state index contributed by atoms with van der Waals surface area (Å²) in [5.41, 5.74) is -1.06. The average Bonchev–Trinajstić information content (AvgIpc) is 2.78. The van der Waals surface area contributed by atoms with Crippen molar-refractivity contribution < 1.29 is 18.2 Å². The number of halogens is 2. The van der Waals surface area contributed by atoms with Gasteiger partial charge in [-0.1, -0.05) is 5.16 Å². The maximum atomic E-state index is 13.5. The molecule has 0 saturated carbocycles. The smallest absolute Gasteiger partial charge is 0.275 e. The molecule has 2 rings (SSSR count). The molecule has 0 aliphatic rings. The summed E-state index contributed by atoms with van der Waals surface area (Å²) < 4.78 is 31.9. The van der Waals surface area contributed by atoms with E-state index in [9.17, 15) is 18.9 Å². The predicted molar refractivity (Wildman–Crippen MR) is 64.2 cm³/mol. The Kier molecular flexibility index (Phi) is 3.87. The normalized spacial score (nSPS) is 10.6. The number of non-ortho nitro benzene ring substituents is 1. The third-order valence-corrected chi connectivity index (χ3v) is 2.45. The molecular weight excluding hydrogens is 274 g/mol. The van der Waals surface area contributed by atoms with Gasteiger partial charge in [0, 0.05) is 13.0 Å². The fourth-order valence-electron chi connectivity index (χ4n) is 1.57. The van der Waals surface area contributed by atoms with Crippen molar-refractivity contribution in [1.29, 1.82) is 0 Å². The van der Waals surface area contributed by atoms with Crippen LogP contribution in [0.2, 0.25) is 0 Å².